The standard InChI is InChI=1S/C10H13ClFNO3S/c1-16-5-4-13-17(14,15)10-6-9(12)3-2-8(10)7-11/h2-3,6,13H,4-5,7H2,1H3. The molecule has 0 radical (unpaired) electrons. The van der Waals surface area contributed by atoms with E-state index in [2.05, 4.69) is 4.72 Å². The summed E-state index contributed by atoms with van der Waals surface area (Å²) in [5.74, 6) is -0.619. The number of ether oxygens (including phenoxy) is 1. The minimum absolute atomic E-state index is 0.000795. The lowest BCUT2D eigenvalue weighted by molar-refractivity contribution is 0.204. The third-order valence-electron chi connectivity index (χ3n) is 2.06. The van der Waals surface area contributed by atoms with Gasteiger partial charge in [-0.1, -0.05) is 6.07 Å². The predicted octanol–water partition coefficient (Wildman–Crippen LogP) is 1.49. The Bertz CT molecular complexity index is 478. The van der Waals surface area contributed by atoms with E-state index in [1.165, 1.54) is 19.2 Å². The van der Waals surface area contributed by atoms with Gasteiger partial charge in [-0.25, -0.2) is 17.5 Å². The van der Waals surface area contributed by atoms with Crippen LogP contribution in [0.3, 0.4) is 0 Å². The number of rotatable bonds is 6. The van der Waals surface area contributed by atoms with Crippen LogP contribution >= 0.6 is 11.6 Å². The monoisotopic (exact) mass is 281 g/mol. The highest BCUT2D eigenvalue weighted by Crippen LogP contribution is 2.18. The van der Waals surface area contributed by atoms with E-state index in [9.17, 15) is 12.8 Å². The van der Waals surface area contributed by atoms with Crippen molar-refractivity contribution >= 4 is 21.6 Å². The van der Waals surface area contributed by atoms with Crippen LogP contribution in [0.25, 0.3) is 0 Å². The third-order valence-corrected chi connectivity index (χ3v) is 3.89. The molecule has 0 aromatic heterocycles. The SMILES string of the molecule is COCCNS(=O)(=O)c1cc(F)ccc1CCl. The van der Waals surface area contributed by atoms with Crippen molar-refractivity contribution in [2.24, 2.45) is 0 Å². The van der Waals surface area contributed by atoms with E-state index in [1.54, 1.807) is 0 Å². The average molecular weight is 282 g/mol. The molecule has 0 amide bonds. The summed E-state index contributed by atoms with van der Waals surface area (Å²) in [4.78, 5) is -0.136. The van der Waals surface area contributed by atoms with E-state index in [-0.39, 0.29) is 23.9 Å². The Balaban J connectivity index is 3.00. The number of hydrogen-bond acceptors (Lipinski definition) is 3. The fraction of sp³-hybridized carbons (Fsp3) is 0.400. The first-order valence-corrected chi connectivity index (χ1v) is 6.86. The number of alkyl halides is 1. The summed E-state index contributed by atoms with van der Waals surface area (Å²) in [7, 11) is -2.29. The first-order valence-electron chi connectivity index (χ1n) is 4.84. The Morgan fingerprint density at radius 2 is 2.18 bits per heavy atom. The number of methoxy groups -OCH3 is 1. The summed E-state index contributed by atoms with van der Waals surface area (Å²) in [6.07, 6.45) is 0. The number of nitrogens with one attached hydrogen (secondary N) is 1. The molecule has 1 rings (SSSR count). The van der Waals surface area contributed by atoms with E-state index in [1.807, 2.05) is 0 Å². The van der Waals surface area contributed by atoms with Gasteiger partial charge in [-0.2, -0.15) is 0 Å². The van der Waals surface area contributed by atoms with Gasteiger partial charge >= 0.3 is 0 Å². The zero-order chi connectivity index (χ0) is 12.9. The van der Waals surface area contributed by atoms with Crippen molar-refractivity contribution in [2.45, 2.75) is 10.8 Å². The summed E-state index contributed by atoms with van der Waals surface area (Å²) in [5.41, 5.74) is 0.359. The van der Waals surface area contributed by atoms with Crippen LogP contribution in [-0.2, 0) is 20.6 Å². The molecule has 0 bridgehead atoms. The first-order chi connectivity index (χ1) is 8.01. The normalized spacial score (nSPS) is 11.7. The van der Waals surface area contributed by atoms with E-state index in [0.29, 0.717) is 5.56 Å². The van der Waals surface area contributed by atoms with Crippen molar-refractivity contribution in [1.82, 2.24) is 4.72 Å². The van der Waals surface area contributed by atoms with Crippen LogP contribution in [-0.4, -0.2) is 28.7 Å². The lowest BCUT2D eigenvalue weighted by atomic mass is 10.2. The van der Waals surface area contributed by atoms with Gasteiger partial charge in [-0.15, -0.1) is 11.6 Å². The predicted molar refractivity (Wildman–Crippen MR) is 63.0 cm³/mol. The number of halogens is 2. The highest BCUT2D eigenvalue weighted by atomic mass is 35.5. The fourth-order valence-electron chi connectivity index (χ4n) is 1.24. The Hall–Kier alpha value is -0.690. The molecular weight excluding hydrogens is 269 g/mol. The van der Waals surface area contributed by atoms with Crippen LogP contribution in [0.5, 0.6) is 0 Å². The van der Waals surface area contributed by atoms with Gasteiger partial charge in [0.05, 0.1) is 11.5 Å². The third kappa shape index (κ3) is 3.92. The van der Waals surface area contributed by atoms with Crippen molar-refractivity contribution in [3.05, 3.63) is 29.6 Å². The smallest absolute Gasteiger partial charge is 0.241 e. The summed E-state index contributed by atoms with van der Waals surface area (Å²) >= 11 is 5.61. The molecule has 1 aromatic carbocycles. The second-order valence-electron chi connectivity index (χ2n) is 3.28. The van der Waals surface area contributed by atoms with E-state index >= 15 is 0 Å². The fourth-order valence-corrected chi connectivity index (χ4v) is 2.82. The van der Waals surface area contributed by atoms with Crippen LogP contribution in [0, 0.1) is 5.82 Å². The molecule has 0 aliphatic heterocycles. The zero-order valence-electron chi connectivity index (χ0n) is 9.24. The maximum Gasteiger partial charge on any atom is 0.241 e. The van der Waals surface area contributed by atoms with Gasteiger partial charge in [0.25, 0.3) is 0 Å². The molecule has 0 spiro atoms. The van der Waals surface area contributed by atoms with Crippen LogP contribution in [0.15, 0.2) is 23.1 Å². The van der Waals surface area contributed by atoms with Crippen LogP contribution in [0.4, 0.5) is 4.39 Å². The summed E-state index contributed by atoms with van der Waals surface area (Å²) < 4.78 is 43.8. The van der Waals surface area contributed by atoms with Gasteiger partial charge in [-0.3, -0.25) is 0 Å². The van der Waals surface area contributed by atoms with E-state index < -0.39 is 15.8 Å². The van der Waals surface area contributed by atoms with Gasteiger partial charge in [0.1, 0.15) is 5.82 Å². The molecule has 0 fully saturated rings. The van der Waals surface area contributed by atoms with Gasteiger partial charge in [0, 0.05) is 19.5 Å². The highest BCUT2D eigenvalue weighted by Gasteiger charge is 2.18. The molecule has 0 saturated heterocycles. The van der Waals surface area contributed by atoms with Crippen molar-refractivity contribution < 1.29 is 17.5 Å². The molecular formula is C10H13ClFNO3S. The highest BCUT2D eigenvalue weighted by molar-refractivity contribution is 7.89. The Labute approximate surface area is 105 Å². The number of hydrogen-bond donors (Lipinski definition) is 1. The topological polar surface area (TPSA) is 55.4 Å². The molecule has 96 valence electrons. The van der Waals surface area contributed by atoms with Gasteiger partial charge in [0.2, 0.25) is 10.0 Å². The minimum Gasteiger partial charge on any atom is -0.383 e. The van der Waals surface area contributed by atoms with Crippen LogP contribution in [0.1, 0.15) is 5.56 Å². The molecule has 0 aliphatic carbocycles. The van der Waals surface area contributed by atoms with Crippen molar-refractivity contribution in [3.63, 3.8) is 0 Å². The molecule has 1 N–H and O–H groups in total. The summed E-state index contributed by atoms with van der Waals surface area (Å²) in [5, 5.41) is 0. The van der Waals surface area contributed by atoms with Crippen molar-refractivity contribution in [1.29, 1.82) is 0 Å². The number of benzene rings is 1. The maximum atomic E-state index is 13.0. The first kappa shape index (κ1) is 14.4. The quantitative estimate of drug-likeness (QED) is 0.635. The lowest BCUT2D eigenvalue weighted by Gasteiger charge is -2.09. The molecule has 0 unspecified atom stereocenters. The molecule has 0 saturated carbocycles. The van der Waals surface area contributed by atoms with Crippen LogP contribution < -0.4 is 4.72 Å². The Kier molecular flexibility index (Phi) is 5.32. The van der Waals surface area contributed by atoms with Crippen molar-refractivity contribution in [3.8, 4) is 0 Å². The van der Waals surface area contributed by atoms with E-state index in [0.717, 1.165) is 6.07 Å². The molecule has 0 atom stereocenters. The summed E-state index contributed by atoms with van der Waals surface area (Å²) in [6.45, 7) is 0.363. The molecule has 7 heteroatoms. The number of sulfonamides is 1. The Morgan fingerprint density at radius 1 is 1.47 bits per heavy atom. The molecule has 1 aromatic rings. The second kappa shape index (κ2) is 6.30. The minimum atomic E-state index is -3.75. The van der Waals surface area contributed by atoms with E-state index in [4.69, 9.17) is 16.3 Å². The average Bonchev–Trinajstić information content (AvgIpc) is 2.29. The largest absolute Gasteiger partial charge is 0.383 e. The zero-order valence-corrected chi connectivity index (χ0v) is 10.8. The maximum absolute atomic E-state index is 13.0. The second-order valence-corrected chi connectivity index (χ2v) is 5.28. The molecule has 0 heterocycles. The Morgan fingerprint density at radius 3 is 2.76 bits per heavy atom. The summed E-state index contributed by atoms with van der Waals surface area (Å²) in [6, 6.07) is 3.48. The molecule has 4 nitrogen and oxygen atoms in total. The molecule has 17 heavy (non-hydrogen) atoms. The lowest BCUT2D eigenvalue weighted by Crippen LogP contribution is -2.28. The van der Waals surface area contributed by atoms with Crippen LogP contribution in [0.2, 0.25) is 0 Å². The van der Waals surface area contributed by atoms with Gasteiger partial charge < -0.3 is 4.74 Å². The van der Waals surface area contributed by atoms with Crippen molar-refractivity contribution in [2.75, 3.05) is 20.3 Å². The van der Waals surface area contributed by atoms with Gasteiger partial charge in [0.15, 0.2) is 0 Å². The molecule has 0 aliphatic rings. The van der Waals surface area contributed by atoms with Gasteiger partial charge in [-0.05, 0) is 17.7 Å².